The van der Waals surface area contributed by atoms with Crippen LogP contribution in [0.15, 0.2) is 28.7 Å². The lowest BCUT2D eigenvalue weighted by molar-refractivity contribution is 0.0286. The van der Waals surface area contributed by atoms with Crippen LogP contribution in [0.4, 0.5) is 0 Å². The predicted octanol–water partition coefficient (Wildman–Crippen LogP) is 4.62. The van der Waals surface area contributed by atoms with E-state index in [1.54, 1.807) is 0 Å². The van der Waals surface area contributed by atoms with Crippen molar-refractivity contribution in [2.75, 3.05) is 6.61 Å². The Hall–Kier alpha value is -0.670. The number of carbonyl (C=O) groups excluding carboxylic acids is 1. The average Bonchev–Trinajstić information content (AvgIpc) is 2.46. The molecule has 0 aromatic heterocycles. The highest BCUT2D eigenvalue weighted by Gasteiger charge is 2.19. The van der Waals surface area contributed by atoms with Gasteiger partial charge in [0.2, 0.25) is 0 Å². The van der Waals surface area contributed by atoms with Crippen LogP contribution in [0.1, 0.15) is 49.4 Å². The van der Waals surface area contributed by atoms with Crippen molar-refractivity contribution in [3.63, 3.8) is 0 Å². The maximum atomic E-state index is 12.2. The number of Topliss-reactive ketones (excluding diaryl/α,β-unsaturated/α-hetero) is 1. The summed E-state index contributed by atoms with van der Waals surface area (Å²) in [5, 5.41) is 0. The Morgan fingerprint density at radius 2 is 1.89 bits per heavy atom. The van der Waals surface area contributed by atoms with E-state index in [1.807, 2.05) is 31.2 Å². The summed E-state index contributed by atoms with van der Waals surface area (Å²) in [4.78, 5) is 12.2. The van der Waals surface area contributed by atoms with Gasteiger partial charge < -0.3 is 4.74 Å². The second-order valence-corrected chi connectivity index (χ2v) is 6.27. The molecule has 1 aliphatic rings. The molecule has 1 aliphatic carbocycles. The molecule has 1 aromatic rings. The maximum Gasteiger partial charge on any atom is 0.191 e. The first kappa shape index (κ1) is 14.7. The minimum absolute atomic E-state index is 0.0725. The minimum Gasteiger partial charge on any atom is -0.370 e. The minimum atomic E-state index is -0.344. The first-order chi connectivity index (χ1) is 9.16. The fraction of sp³-hybridized carbons (Fsp3) is 0.562. The zero-order valence-corrected chi connectivity index (χ0v) is 13.0. The molecule has 2 nitrogen and oxygen atoms in total. The van der Waals surface area contributed by atoms with E-state index in [4.69, 9.17) is 4.74 Å². The fourth-order valence-electron chi connectivity index (χ4n) is 2.56. The van der Waals surface area contributed by atoms with Crippen LogP contribution in [0, 0.1) is 5.92 Å². The third-order valence-electron chi connectivity index (χ3n) is 3.80. The van der Waals surface area contributed by atoms with Gasteiger partial charge in [0, 0.05) is 10.0 Å². The molecule has 0 heterocycles. The molecule has 0 spiro atoms. The molecule has 1 fully saturated rings. The van der Waals surface area contributed by atoms with Crippen LogP contribution >= 0.6 is 15.9 Å². The molecular weight excluding hydrogens is 304 g/mol. The maximum absolute atomic E-state index is 12.2. The van der Waals surface area contributed by atoms with E-state index in [1.165, 1.54) is 32.1 Å². The lowest BCUT2D eigenvalue weighted by Gasteiger charge is -2.23. The summed E-state index contributed by atoms with van der Waals surface area (Å²) in [7, 11) is 0. The number of hydrogen-bond donors (Lipinski definition) is 0. The summed E-state index contributed by atoms with van der Waals surface area (Å²) in [5.74, 6) is 0.720. The van der Waals surface area contributed by atoms with E-state index in [0.717, 1.165) is 16.6 Å². The van der Waals surface area contributed by atoms with E-state index >= 15 is 0 Å². The zero-order chi connectivity index (χ0) is 13.7. The molecule has 3 heteroatoms. The number of hydrogen-bond acceptors (Lipinski definition) is 2. The van der Waals surface area contributed by atoms with Crippen LogP contribution < -0.4 is 0 Å². The van der Waals surface area contributed by atoms with Crippen molar-refractivity contribution in [3.8, 4) is 0 Å². The van der Waals surface area contributed by atoms with Crippen LogP contribution in [-0.2, 0) is 4.74 Å². The van der Waals surface area contributed by atoms with Gasteiger partial charge in [-0.1, -0.05) is 47.3 Å². The van der Waals surface area contributed by atoms with Gasteiger partial charge in [0.05, 0.1) is 6.61 Å². The van der Waals surface area contributed by atoms with Gasteiger partial charge >= 0.3 is 0 Å². The fourth-order valence-corrected chi connectivity index (χ4v) is 2.82. The van der Waals surface area contributed by atoms with Gasteiger partial charge in [0.1, 0.15) is 6.10 Å². The van der Waals surface area contributed by atoms with Gasteiger partial charge in [-0.05, 0) is 37.8 Å². The Morgan fingerprint density at radius 1 is 1.26 bits per heavy atom. The summed E-state index contributed by atoms with van der Waals surface area (Å²) >= 11 is 3.37. The first-order valence-electron chi connectivity index (χ1n) is 7.08. The third-order valence-corrected chi connectivity index (χ3v) is 4.33. The molecule has 1 unspecified atom stereocenters. The Bertz CT molecular complexity index is 407. The molecular formula is C16H21BrO2. The van der Waals surface area contributed by atoms with Crippen molar-refractivity contribution in [2.45, 2.75) is 45.1 Å². The molecule has 0 amide bonds. The topological polar surface area (TPSA) is 26.3 Å². The molecule has 1 atom stereocenters. The summed E-state index contributed by atoms with van der Waals surface area (Å²) in [6.07, 6.45) is 6.12. The lowest BCUT2D eigenvalue weighted by Crippen LogP contribution is -2.24. The van der Waals surface area contributed by atoms with E-state index in [2.05, 4.69) is 15.9 Å². The summed E-state index contributed by atoms with van der Waals surface area (Å²) in [6.45, 7) is 2.58. The molecule has 0 N–H and O–H groups in total. The number of carbonyl (C=O) groups is 1. The van der Waals surface area contributed by atoms with E-state index in [9.17, 15) is 4.79 Å². The van der Waals surface area contributed by atoms with Crippen molar-refractivity contribution < 1.29 is 9.53 Å². The van der Waals surface area contributed by atoms with Crippen LogP contribution in [0.5, 0.6) is 0 Å². The summed E-state index contributed by atoms with van der Waals surface area (Å²) in [5.41, 5.74) is 0.722. The molecule has 1 aromatic carbocycles. The average molecular weight is 325 g/mol. The highest BCUT2D eigenvalue weighted by molar-refractivity contribution is 9.10. The Balaban J connectivity index is 1.83. The van der Waals surface area contributed by atoms with Gasteiger partial charge in [-0.3, -0.25) is 4.79 Å². The monoisotopic (exact) mass is 324 g/mol. The second kappa shape index (κ2) is 7.20. The van der Waals surface area contributed by atoms with Crippen LogP contribution in [0.2, 0.25) is 0 Å². The number of rotatable bonds is 5. The van der Waals surface area contributed by atoms with E-state index in [-0.39, 0.29) is 11.9 Å². The molecule has 0 aliphatic heterocycles. The number of benzene rings is 1. The van der Waals surface area contributed by atoms with Crippen molar-refractivity contribution in [1.29, 1.82) is 0 Å². The van der Waals surface area contributed by atoms with Crippen molar-refractivity contribution in [2.24, 2.45) is 5.92 Å². The molecule has 2 rings (SSSR count). The van der Waals surface area contributed by atoms with Gasteiger partial charge in [-0.2, -0.15) is 0 Å². The van der Waals surface area contributed by atoms with Gasteiger partial charge in [0.15, 0.2) is 5.78 Å². The molecule has 104 valence electrons. The normalized spacial score (nSPS) is 18.2. The number of ketones is 1. The van der Waals surface area contributed by atoms with Crippen molar-refractivity contribution in [1.82, 2.24) is 0 Å². The Kier molecular flexibility index (Phi) is 5.59. The Morgan fingerprint density at radius 3 is 2.53 bits per heavy atom. The quantitative estimate of drug-likeness (QED) is 0.739. The first-order valence-corrected chi connectivity index (χ1v) is 7.87. The zero-order valence-electron chi connectivity index (χ0n) is 11.4. The lowest BCUT2D eigenvalue weighted by atomic mass is 9.90. The predicted molar refractivity (Wildman–Crippen MR) is 80.5 cm³/mol. The van der Waals surface area contributed by atoms with Crippen LogP contribution in [0.25, 0.3) is 0 Å². The van der Waals surface area contributed by atoms with E-state index < -0.39 is 0 Å². The van der Waals surface area contributed by atoms with E-state index in [0.29, 0.717) is 5.92 Å². The van der Waals surface area contributed by atoms with Crippen molar-refractivity contribution in [3.05, 3.63) is 34.3 Å². The molecule has 0 radical (unpaired) electrons. The highest BCUT2D eigenvalue weighted by Crippen LogP contribution is 2.24. The SMILES string of the molecule is CC(OCC1CCCCC1)C(=O)c1ccc(Br)cc1. The highest BCUT2D eigenvalue weighted by atomic mass is 79.9. The smallest absolute Gasteiger partial charge is 0.191 e. The number of ether oxygens (including phenoxy) is 1. The van der Waals surface area contributed by atoms with Gasteiger partial charge in [0.25, 0.3) is 0 Å². The van der Waals surface area contributed by atoms with Crippen LogP contribution in [0.3, 0.4) is 0 Å². The van der Waals surface area contributed by atoms with Gasteiger partial charge in [-0.25, -0.2) is 0 Å². The van der Waals surface area contributed by atoms with Crippen LogP contribution in [-0.4, -0.2) is 18.5 Å². The molecule has 0 saturated heterocycles. The molecule has 19 heavy (non-hydrogen) atoms. The standard InChI is InChI=1S/C16H21BrO2/c1-12(19-11-13-5-3-2-4-6-13)16(18)14-7-9-15(17)10-8-14/h7-10,12-13H,2-6,11H2,1H3. The summed E-state index contributed by atoms with van der Waals surface area (Å²) in [6, 6.07) is 7.46. The second-order valence-electron chi connectivity index (χ2n) is 5.35. The van der Waals surface area contributed by atoms with Gasteiger partial charge in [-0.15, -0.1) is 0 Å². The molecule has 1 saturated carbocycles. The molecule has 0 bridgehead atoms. The van der Waals surface area contributed by atoms with Crippen molar-refractivity contribution >= 4 is 21.7 Å². The number of halogens is 1. The third kappa shape index (κ3) is 4.43. The Labute approximate surface area is 123 Å². The largest absolute Gasteiger partial charge is 0.370 e. The summed E-state index contributed by atoms with van der Waals surface area (Å²) < 4.78 is 6.75.